The molecule has 0 aliphatic rings. The lowest BCUT2D eigenvalue weighted by Crippen LogP contribution is -2.34. The highest BCUT2D eigenvalue weighted by Gasteiger charge is 2.11. The van der Waals surface area contributed by atoms with Crippen LogP contribution in [0.1, 0.15) is 18.1 Å². The summed E-state index contributed by atoms with van der Waals surface area (Å²) in [5, 5.41) is 17.3. The van der Waals surface area contributed by atoms with Gasteiger partial charge < -0.3 is 10.0 Å². The molecule has 0 aliphatic heterocycles. The average molecular weight is 258 g/mol. The number of benzene rings is 1. The molecule has 0 aliphatic carbocycles. The number of carbonyl (C=O) groups is 2. The van der Waals surface area contributed by atoms with Gasteiger partial charge in [0.15, 0.2) is 0 Å². The van der Waals surface area contributed by atoms with Gasteiger partial charge in [0.05, 0.1) is 11.6 Å². The van der Waals surface area contributed by atoms with Gasteiger partial charge in [-0.05, 0) is 30.7 Å². The molecule has 0 spiro atoms. The topological polar surface area (TPSA) is 81.4 Å². The second-order valence-corrected chi connectivity index (χ2v) is 3.81. The Morgan fingerprint density at radius 1 is 1.37 bits per heavy atom. The Bertz CT molecular complexity index is 527. The molecule has 1 aromatic carbocycles. The van der Waals surface area contributed by atoms with Crippen LogP contribution in [0.15, 0.2) is 30.3 Å². The highest BCUT2D eigenvalue weighted by Crippen LogP contribution is 2.05. The number of nitrogens with zero attached hydrogens (tertiary/aromatic N) is 2. The maximum atomic E-state index is 11.7. The molecule has 1 N–H and O–H groups in total. The highest BCUT2D eigenvalue weighted by atomic mass is 16.4. The minimum Gasteiger partial charge on any atom is -0.480 e. The fraction of sp³-hybridized carbons (Fsp3) is 0.214. The average Bonchev–Trinajstić information content (AvgIpc) is 2.42. The molecule has 0 fully saturated rings. The normalized spacial score (nSPS) is 10.1. The zero-order valence-electron chi connectivity index (χ0n) is 10.5. The second-order valence-electron chi connectivity index (χ2n) is 3.81. The first-order valence-corrected chi connectivity index (χ1v) is 5.75. The van der Waals surface area contributed by atoms with E-state index in [0.29, 0.717) is 12.1 Å². The minimum absolute atomic E-state index is 0.312. The van der Waals surface area contributed by atoms with Gasteiger partial charge in [-0.3, -0.25) is 9.59 Å². The number of rotatable bonds is 5. The largest absolute Gasteiger partial charge is 0.480 e. The Morgan fingerprint density at radius 3 is 2.47 bits per heavy atom. The molecule has 0 saturated carbocycles. The van der Waals surface area contributed by atoms with Crippen LogP contribution in [0, 0.1) is 11.3 Å². The summed E-state index contributed by atoms with van der Waals surface area (Å²) in [6.07, 6.45) is 2.92. The summed E-state index contributed by atoms with van der Waals surface area (Å²) in [5.41, 5.74) is 1.32. The number of likely N-dealkylation sites (N-methyl/N-ethyl adjacent to an activating group) is 1. The van der Waals surface area contributed by atoms with Gasteiger partial charge in [-0.2, -0.15) is 5.26 Å². The van der Waals surface area contributed by atoms with Gasteiger partial charge in [0.25, 0.3) is 0 Å². The van der Waals surface area contributed by atoms with E-state index in [0.717, 1.165) is 5.56 Å². The predicted molar refractivity (Wildman–Crippen MR) is 70.1 cm³/mol. The molecular weight excluding hydrogens is 244 g/mol. The van der Waals surface area contributed by atoms with Crippen LogP contribution < -0.4 is 0 Å². The lowest BCUT2D eigenvalue weighted by molar-refractivity contribution is -0.142. The molecule has 0 aromatic heterocycles. The molecule has 1 aromatic rings. The number of amides is 1. The first-order valence-electron chi connectivity index (χ1n) is 5.75. The van der Waals surface area contributed by atoms with Crippen molar-refractivity contribution in [2.45, 2.75) is 6.92 Å². The Kier molecular flexibility index (Phi) is 5.30. The van der Waals surface area contributed by atoms with Gasteiger partial charge >= 0.3 is 5.97 Å². The van der Waals surface area contributed by atoms with Gasteiger partial charge in [0.1, 0.15) is 6.54 Å². The van der Waals surface area contributed by atoms with Crippen LogP contribution in [0.4, 0.5) is 0 Å². The number of carboxylic acids is 1. The number of carbonyl (C=O) groups excluding carboxylic acids is 1. The third kappa shape index (κ3) is 4.64. The first kappa shape index (κ1) is 14.5. The molecule has 0 heterocycles. The summed E-state index contributed by atoms with van der Waals surface area (Å²) < 4.78 is 0. The number of hydrogen-bond donors (Lipinski definition) is 1. The lowest BCUT2D eigenvalue weighted by atomic mass is 10.1. The van der Waals surface area contributed by atoms with Crippen LogP contribution in [0.5, 0.6) is 0 Å². The van der Waals surface area contributed by atoms with Crippen LogP contribution >= 0.6 is 0 Å². The monoisotopic (exact) mass is 258 g/mol. The van der Waals surface area contributed by atoms with Crippen molar-refractivity contribution in [3.63, 3.8) is 0 Å². The standard InChI is InChI=1S/C14H14N2O3/c1-2-16(10-14(18)19)13(17)8-7-11-3-5-12(9-15)6-4-11/h3-8H,2,10H2,1H3,(H,18,19)/b8-7+. The van der Waals surface area contributed by atoms with Crippen molar-refractivity contribution < 1.29 is 14.7 Å². The van der Waals surface area contributed by atoms with E-state index in [4.69, 9.17) is 10.4 Å². The van der Waals surface area contributed by atoms with Crippen LogP contribution in [0.25, 0.3) is 6.08 Å². The Labute approximate surface area is 111 Å². The second kappa shape index (κ2) is 6.97. The molecule has 19 heavy (non-hydrogen) atoms. The number of hydrogen-bond acceptors (Lipinski definition) is 3. The molecule has 0 bridgehead atoms. The van der Waals surface area contributed by atoms with Crippen molar-refractivity contribution in [1.82, 2.24) is 4.90 Å². The van der Waals surface area contributed by atoms with E-state index in [9.17, 15) is 9.59 Å². The summed E-state index contributed by atoms with van der Waals surface area (Å²) in [7, 11) is 0. The van der Waals surface area contributed by atoms with Crippen molar-refractivity contribution in [3.8, 4) is 6.07 Å². The molecule has 5 nitrogen and oxygen atoms in total. The highest BCUT2D eigenvalue weighted by molar-refractivity contribution is 5.93. The third-order valence-electron chi connectivity index (χ3n) is 2.48. The van der Waals surface area contributed by atoms with Crippen LogP contribution in [-0.4, -0.2) is 35.0 Å². The van der Waals surface area contributed by atoms with Crippen molar-refractivity contribution in [2.24, 2.45) is 0 Å². The van der Waals surface area contributed by atoms with Gasteiger partial charge in [0, 0.05) is 12.6 Å². The SMILES string of the molecule is CCN(CC(=O)O)C(=O)/C=C/c1ccc(C#N)cc1. The minimum atomic E-state index is -1.04. The Morgan fingerprint density at radius 2 is 2.00 bits per heavy atom. The third-order valence-corrected chi connectivity index (χ3v) is 2.48. The smallest absolute Gasteiger partial charge is 0.323 e. The van der Waals surface area contributed by atoms with E-state index < -0.39 is 5.97 Å². The van der Waals surface area contributed by atoms with Crippen molar-refractivity contribution in [2.75, 3.05) is 13.1 Å². The van der Waals surface area contributed by atoms with E-state index in [2.05, 4.69) is 0 Å². The van der Waals surface area contributed by atoms with Gasteiger partial charge in [-0.15, -0.1) is 0 Å². The van der Waals surface area contributed by atoms with E-state index in [-0.39, 0.29) is 12.5 Å². The van der Waals surface area contributed by atoms with Crippen LogP contribution in [0.2, 0.25) is 0 Å². The summed E-state index contributed by atoms with van der Waals surface area (Å²) in [6.45, 7) is 1.74. The van der Waals surface area contributed by atoms with E-state index in [1.807, 2.05) is 6.07 Å². The molecule has 5 heteroatoms. The molecule has 0 saturated heterocycles. The Balaban J connectivity index is 2.71. The van der Waals surface area contributed by atoms with Gasteiger partial charge in [-0.1, -0.05) is 12.1 Å². The molecule has 1 amide bonds. The summed E-state index contributed by atoms with van der Waals surface area (Å²) in [4.78, 5) is 23.5. The van der Waals surface area contributed by atoms with Crippen LogP contribution in [-0.2, 0) is 9.59 Å². The number of aliphatic carboxylic acids is 1. The molecule has 1 rings (SSSR count). The lowest BCUT2D eigenvalue weighted by Gasteiger charge is -2.15. The summed E-state index contributed by atoms with van der Waals surface area (Å²) in [6, 6.07) is 8.74. The van der Waals surface area contributed by atoms with Crippen LogP contribution in [0.3, 0.4) is 0 Å². The predicted octanol–water partition coefficient (Wildman–Crippen LogP) is 1.50. The first-order chi connectivity index (χ1) is 9.06. The van der Waals surface area contributed by atoms with E-state index in [1.165, 1.54) is 11.0 Å². The maximum absolute atomic E-state index is 11.7. The molecule has 0 unspecified atom stereocenters. The summed E-state index contributed by atoms with van der Waals surface area (Å²) in [5.74, 6) is -1.39. The number of carboxylic acid groups (broad SMARTS) is 1. The number of nitriles is 1. The molecular formula is C14H14N2O3. The fourth-order valence-corrected chi connectivity index (χ4v) is 1.45. The molecule has 0 radical (unpaired) electrons. The zero-order chi connectivity index (χ0) is 14.3. The molecule has 0 atom stereocenters. The summed E-state index contributed by atoms with van der Waals surface area (Å²) >= 11 is 0. The maximum Gasteiger partial charge on any atom is 0.323 e. The van der Waals surface area contributed by atoms with Gasteiger partial charge in [-0.25, -0.2) is 0 Å². The zero-order valence-corrected chi connectivity index (χ0v) is 10.5. The van der Waals surface area contributed by atoms with Crippen molar-refractivity contribution >= 4 is 18.0 Å². The van der Waals surface area contributed by atoms with E-state index >= 15 is 0 Å². The quantitative estimate of drug-likeness (QED) is 0.811. The van der Waals surface area contributed by atoms with E-state index in [1.54, 1.807) is 37.3 Å². The van der Waals surface area contributed by atoms with Gasteiger partial charge in [0.2, 0.25) is 5.91 Å². The molecule has 98 valence electrons. The Hall–Kier alpha value is -2.61. The van der Waals surface area contributed by atoms with Crippen molar-refractivity contribution in [1.29, 1.82) is 5.26 Å². The van der Waals surface area contributed by atoms with Crippen molar-refractivity contribution in [3.05, 3.63) is 41.5 Å². The fourth-order valence-electron chi connectivity index (χ4n) is 1.45.